The lowest BCUT2D eigenvalue weighted by Crippen LogP contribution is -2.32. The molecule has 2 fully saturated rings. The van der Waals surface area contributed by atoms with E-state index in [2.05, 4.69) is 35.6 Å². The molecule has 1 aliphatic carbocycles. The highest BCUT2D eigenvalue weighted by Crippen LogP contribution is 2.41. The van der Waals surface area contributed by atoms with Gasteiger partial charge in [0.05, 0.1) is 5.75 Å². The third kappa shape index (κ3) is 4.54. The van der Waals surface area contributed by atoms with Crippen molar-refractivity contribution >= 4 is 39.5 Å². The van der Waals surface area contributed by atoms with Crippen LogP contribution in [0.5, 0.6) is 0 Å². The Hall–Kier alpha value is -1.54. The fourth-order valence-electron chi connectivity index (χ4n) is 3.54. The van der Waals surface area contributed by atoms with Gasteiger partial charge in [-0.3, -0.25) is 9.36 Å². The van der Waals surface area contributed by atoms with Crippen LogP contribution in [0.25, 0.3) is 0 Å². The van der Waals surface area contributed by atoms with Crippen LogP contribution in [0.3, 0.4) is 0 Å². The van der Waals surface area contributed by atoms with Crippen molar-refractivity contribution < 1.29 is 4.79 Å². The van der Waals surface area contributed by atoms with Crippen LogP contribution in [-0.2, 0) is 11.3 Å². The molecule has 1 saturated heterocycles. The number of aromatic nitrogens is 3. The molecule has 0 atom stereocenters. The number of hydrogen-bond acceptors (Lipinski definition) is 5. The molecule has 2 aliphatic rings. The normalized spacial score (nSPS) is 17.0. The Bertz CT molecular complexity index is 832. The van der Waals surface area contributed by atoms with Gasteiger partial charge in [-0.1, -0.05) is 45.9 Å². The largest absolute Gasteiger partial charge is 0.341 e. The number of carbonyl (C=O) groups excluding carboxylic acids is 1. The van der Waals surface area contributed by atoms with Crippen molar-refractivity contribution in [2.24, 2.45) is 0 Å². The molecular formula is C20H26BrN5OS. The fraction of sp³-hybridized carbons (Fsp3) is 0.550. The molecule has 28 heavy (non-hydrogen) atoms. The topological polar surface area (TPSA) is 54.3 Å². The molecule has 2 heterocycles. The molecule has 0 bridgehead atoms. The van der Waals surface area contributed by atoms with Gasteiger partial charge in [0.1, 0.15) is 0 Å². The summed E-state index contributed by atoms with van der Waals surface area (Å²) < 4.78 is 3.30. The molecule has 1 aromatic carbocycles. The zero-order chi connectivity index (χ0) is 19.5. The smallest absolute Gasteiger partial charge is 0.233 e. The van der Waals surface area contributed by atoms with Crippen molar-refractivity contribution in [1.82, 2.24) is 19.7 Å². The second kappa shape index (κ2) is 8.86. The molecule has 0 unspecified atom stereocenters. The van der Waals surface area contributed by atoms with Gasteiger partial charge in [-0.05, 0) is 43.7 Å². The van der Waals surface area contributed by atoms with E-state index in [0.29, 0.717) is 18.3 Å². The molecule has 6 nitrogen and oxygen atoms in total. The van der Waals surface area contributed by atoms with E-state index >= 15 is 0 Å². The first-order valence-corrected chi connectivity index (χ1v) is 11.7. The van der Waals surface area contributed by atoms with Gasteiger partial charge in [0.15, 0.2) is 5.16 Å². The number of nitrogens with zero attached hydrogens (tertiary/aromatic N) is 5. The summed E-state index contributed by atoms with van der Waals surface area (Å²) >= 11 is 5.06. The summed E-state index contributed by atoms with van der Waals surface area (Å²) in [6.07, 6.45) is 6.11. The Kier molecular flexibility index (Phi) is 6.25. The Balaban J connectivity index is 1.39. The lowest BCUT2D eigenvalue weighted by molar-refractivity contribution is -0.127. The lowest BCUT2D eigenvalue weighted by Gasteiger charge is -2.27. The summed E-state index contributed by atoms with van der Waals surface area (Å²) in [7, 11) is 1.85. The first kappa shape index (κ1) is 19.8. The second-order valence-corrected chi connectivity index (χ2v) is 9.36. The van der Waals surface area contributed by atoms with E-state index in [1.165, 1.54) is 43.9 Å². The van der Waals surface area contributed by atoms with E-state index in [4.69, 9.17) is 0 Å². The van der Waals surface area contributed by atoms with Gasteiger partial charge >= 0.3 is 0 Å². The first-order chi connectivity index (χ1) is 13.6. The highest BCUT2D eigenvalue weighted by molar-refractivity contribution is 9.10. The third-order valence-corrected chi connectivity index (χ3v) is 7.01. The molecule has 1 saturated carbocycles. The number of rotatable bonds is 7. The standard InChI is InChI=1S/C20H26BrN5OS/c1-24(13-15-7-3-4-8-17(15)21)18(27)14-28-20-23-22-19(26(20)16-9-10-16)25-11-5-2-6-12-25/h3-4,7-8,16H,2,5-6,9-14H2,1H3. The average molecular weight is 464 g/mol. The number of halogens is 1. The molecular weight excluding hydrogens is 438 g/mol. The average Bonchev–Trinajstić information content (AvgIpc) is 3.47. The summed E-state index contributed by atoms with van der Waals surface area (Å²) in [4.78, 5) is 16.8. The first-order valence-electron chi connectivity index (χ1n) is 9.93. The van der Waals surface area contributed by atoms with E-state index in [1.807, 2.05) is 31.3 Å². The molecule has 1 aliphatic heterocycles. The number of carbonyl (C=O) groups is 1. The van der Waals surface area contributed by atoms with Crippen LogP contribution in [0.1, 0.15) is 43.7 Å². The predicted molar refractivity (Wildman–Crippen MR) is 116 cm³/mol. The van der Waals surface area contributed by atoms with Gasteiger partial charge in [0, 0.05) is 37.2 Å². The van der Waals surface area contributed by atoms with Crippen LogP contribution in [0, 0.1) is 0 Å². The van der Waals surface area contributed by atoms with Crippen LogP contribution in [0.15, 0.2) is 33.9 Å². The number of thioether (sulfide) groups is 1. The maximum atomic E-state index is 12.7. The quantitative estimate of drug-likeness (QED) is 0.578. The minimum Gasteiger partial charge on any atom is -0.341 e. The summed E-state index contributed by atoms with van der Waals surface area (Å²) in [6.45, 7) is 2.71. The number of anilines is 1. The van der Waals surface area contributed by atoms with Gasteiger partial charge in [0.2, 0.25) is 11.9 Å². The van der Waals surface area contributed by atoms with Gasteiger partial charge in [0.25, 0.3) is 0 Å². The number of hydrogen-bond donors (Lipinski definition) is 0. The maximum Gasteiger partial charge on any atom is 0.233 e. The van der Waals surface area contributed by atoms with Gasteiger partial charge in [-0.15, -0.1) is 10.2 Å². The van der Waals surface area contributed by atoms with Crippen molar-refractivity contribution in [3.05, 3.63) is 34.3 Å². The highest BCUT2D eigenvalue weighted by atomic mass is 79.9. The lowest BCUT2D eigenvalue weighted by atomic mass is 10.1. The van der Waals surface area contributed by atoms with E-state index in [9.17, 15) is 4.79 Å². The number of amides is 1. The highest BCUT2D eigenvalue weighted by Gasteiger charge is 2.32. The van der Waals surface area contributed by atoms with Crippen LogP contribution >= 0.6 is 27.7 Å². The molecule has 2 aromatic rings. The van der Waals surface area contributed by atoms with Crippen molar-refractivity contribution in [2.75, 3.05) is 30.8 Å². The Labute approximate surface area is 178 Å². The van der Waals surface area contributed by atoms with Crippen molar-refractivity contribution in [2.45, 2.75) is 49.8 Å². The van der Waals surface area contributed by atoms with Gasteiger partial charge in [-0.25, -0.2) is 0 Å². The van der Waals surface area contributed by atoms with Crippen LogP contribution in [0.4, 0.5) is 5.95 Å². The van der Waals surface area contributed by atoms with E-state index in [1.54, 1.807) is 4.90 Å². The zero-order valence-electron chi connectivity index (χ0n) is 16.2. The fourth-order valence-corrected chi connectivity index (χ4v) is 4.89. The molecule has 1 aromatic heterocycles. The van der Waals surface area contributed by atoms with Crippen molar-refractivity contribution in [1.29, 1.82) is 0 Å². The SMILES string of the molecule is CN(Cc1ccccc1Br)C(=O)CSc1nnc(N2CCCCC2)n1C1CC1. The molecule has 1 amide bonds. The summed E-state index contributed by atoms with van der Waals surface area (Å²) in [5.41, 5.74) is 1.11. The predicted octanol–water partition coefficient (Wildman–Crippen LogP) is 4.12. The van der Waals surface area contributed by atoms with E-state index in [-0.39, 0.29) is 5.91 Å². The molecule has 150 valence electrons. The molecule has 0 radical (unpaired) electrons. The van der Waals surface area contributed by atoms with Crippen LogP contribution < -0.4 is 4.90 Å². The van der Waals surface area contributed by atoms with Crippen molar-refractivity contribution in [3.8, 4) is 0 Å². The van der Waals surface area contributed by atoms with Gasteiger partial charge in [-0.2, -0.15) is 0 Å². The summed E-state index contributed by atoms with van der Waals surface area (Å²) in [6, 6.07) is 8.52. The summed E-state index contributed by atoms with van der Waals surface area (Å²) in [5.74, 6) is 1.48. The van der Waals surface area contributed by atoms with Crippen molar-refractivity contribution in [3.63, 3.8) is 0 Å². The molecule has 4 rings (SSSR count). The second-order valence-electron chi connectivity index (χ2n) is 7.56. The Morgan fingerprint density at radius 2 is 1.96 bits per heavy atom. The number of piperidine rings is 1. The van der Waals surface area contributed by atoms with E-state index in [0.717, 1.165) is 34.2 Å². The minimum absolute atomic E-state index is 0.102. The number of benzene rings is 1. The third-order valence-electron chi connectivity index (χ3n) is 5.31. The van der Waals surface area contributed by atoms with Crippen LogP contribution in [-0.4, -0.2) is 51.5 Å². The van der Waals surface area contributed by atoms with Gasteiger partial charge < -0.3 is 9.80 Å². The maximum absolute atomic E-state index is 12.7. The Morgan fingerprint density at radius 3 is 2.68 bits per heavy atom. The van der Waals surface area contributed by atoms with Crippen LogP contribution in [0.2, 0.25) is 0 Å². The molecule has 8 heteroatoms. The Morgan fingerprint density at radius 1 is 1.21 bits per heavy atom. The monoisotopic (exact) mass is 463 g/mol. The molecule has 0 N–H and O–H groups in total. The zero-order valence-corrected chi connectivity index (χ0v) is 18.6. The minimum atomic E-state index is 0.102. The molecule has 0 spiro atoms. The summed E-state index contributed by atoms with van der Waals surface area (Å²) in [5, 5.41) is 9.81. The van der Waals surface area contributed by atoms with E-state index < -0.39 is 0 Å².